The van der Waals surface area contributed by atoms with E-state index in [4.69, 9.17) is 10.2 Å². The van der Waals surface area contributed by atoms with Gasteiger partial charge >= 0.3 is 5.97 Å². The number of carbonyl (C=O) groups is 1. The van der Waals surface area contributed by atoms with Crippen LogP contribution in [0.3, 0.4) is 0 Å². The van der Waals surface area contributed by atoms with Crippen LogP contribution in [0.25, 0.3) is 0 Å². The molecule has 0 rings (SSSR count). The molecule has 0 atom stereocenters. The molecule has 0 unspecified atom stereocenters. The first-order chi connectivity index (χ1) is 6.65. The zero-order chi connectivity index (χ0) is 11.0. The summed E-state index contributed by atoms with van der Waals surface area (Å²) >= 11 is 0. The molecule has 5 nitrogen and oxygen atoms in total. The second kappa shape index (κ2) is 7.49. The Kier molecular flexibility index (Phi) is 7.00. The Hall–Kier alpha value is -0.910. The quantitative estimate of drug-likeness (QED) is 0.383. The van der Waals surface area contributed by atoms with Crippen molar-refractivity contribution in [2.24, 2.45) is 0 Å². The molecule has 0 heterocycles. The summed E-state index contributed by atoms with van der Waals surface area (Å²) < 4.78 is 4.49. The number of aliphatic hydroxyl groups is 2. The number of aliphatic hydroxyl groups excluding tert-OH is 2. The molecule has 0 aromatic heterocycles. The first-order valence-corrected chi connectivity index (χ1v) is 4.35. The highest BCUT2D eigenvalue weighted by atomic mass is 16.5. The van der Waals surface area contributed by atoms with Crippen LogP contribution in [0.1, 0.15) is 6.92 Å². The lowest BCUT2D eigenvalue weighted by atomic mass is 10.2. The van der Waals surface area contributed by atoms with E-state index in [0.29, 0.717) is 12.1 Å². The maximum atomic E-state index is 10.9. The van der Waals surface area contributed by atoms with Gasteiger partial charge in [0.15, 0.2) is 0 Å². The van der Waals surface area contributed by atoms with Crippen molar-refractivity contribution < 1.29 is 19.7 Å². The first-order valence-electron chi connectivity index (χ1n) is 4.35. The van der Waals surface area contributed by atoms with Crippen LogP contribution in [-0.4, -0.2) is 49.1 Å². The van der Waals surface area contributed by atoms with Crippen LogP contribution in [0.15, 0.2) is 11.6 Å². The number of methoxy groups -OCH3 is 1. The number of nitrogens with one attached hydrogen (secondary N) is 1. The summed E-state index contributed by atoms with van der Waals surface area (Å²) in [6.07, 6.45) is 1.64. The fourth-order valence-corrected chi connectivity index (χ4v) is 0.810. The summed E-state index contributed by atoms with van der Waals surface area (Å²) in [5.74, 6) is -0.378. The topological polar surface area (TPSA) is 78.8 Å². The highest BCUT2D eigenvalue weighted by Gasteiger charge is 2.04. The minimum atomic E-state index is -0.378. The first kappa shape index (κ1) is 13.1. The van der Waals surface area contributed by atoms with Gasteiger partial charge in [0.25, 0.3) is 0 Å². The van der Waals surface area contributed by atoms with E-state index < -0.39 is 0 Å². The lowest BCUT2D eigenvalue weighted by molar-refractivity contribution is -0.136. The molecule has 82 valence electrons. The Bertz CT molecular complexity index is 199. The molecular weight excluding hydrogens is 186 g/mol. The van der Waals surface area contributed by atoms with Crippen LogP contribution in [0.5, 0.6) is 0 Å². The summed E-state index contributed by atoms with van der Waals surface area (Å²) in [6, 6.07) is -0.350. The molecule has 0 aliphatic heterocycles. The largest absolute Gasteiger partial charge is 0.466 e. The normalized spacial score (nSPS) is 11.9. The zero-order valence-electron chi connectivity index (χ0n) is 8.49. The Labute approximate surface area is 83.4 Å². The van der Waals surface area contributed by atoms with Gasteiger partial charge < -0.3 is 20.3 Å². The molecule has 14 heavy (non-hydrogen) atoms. The Morgan fingerprint density at radius 2 is 2.07 bits per heavy atom. The molecule has 0 aliphatic carbocycles. The lowest BCUT2D eigenvalue weighted by Gasteiger charge is -2.11. The number of carbonyl (C=O) groups excluding carboxylic acids is 1. The van der Waals surface area contributed by atoms with E-state index in [2.05, 4.69) is 10.1 Å². The molecule has 0 aromatic carbocycles. The minimum absolute atomic E-state index is 0.137. The van der Waals surface area contributed by atoms with Gasteiger partial charge in [0.2, 0.25) is 0 Å². The second-order valence-electron chi connectivity index (χ2n) is 2.85. The highest BCUT2D eigenvalue weighted by molar-refractivity contribution is 5.87. The summed E-state index contributed by atoms with van der Waals surface area (Å²) in [4.78, 5) is 10.9. The van der Waals surface area contributed by atoms with Crippen LogP contribution < -0.4 is 5.32 Å². The predicted molar refractivity (Wildman–Crippen MR) is 51.7 cm³/mol. The second-order valence-corrected chi connectivity index (χ2v) is 2.85. The fraction of sp³-hybridized carbons (Fsp3) is 0.667. The molecule has 3 N–H and O–H groups in total. The SMILES string of the molecule is COC(=O)C(C)=CCNC(CO)CO. The third-order valence-corrected chi connectivity index (χ3v) is 1.76. The number of esters is 1. The van der Waals surface area contributed by atoms with E-state index in [1.165, 1.54) is 7.11 Å². The van der Waals surface area contributed by atoms with Crippen molar-refractivity contribution in [3.8, 4) is 0 Å². The Morgan fingerprint density at radius 3 is 2.50 bits per heavy atom. The molecule has 0 saturated carbocycles. The van der Waals surface area contributed by atoms with Crippen molar-refractivity contribution in [3.63, 3.8) is 0 Å². The Morgan fingerprint density at radius 1 is 1.50 bits per heavy atom. The zero-order valence-corrected chi connectivity index (χ0v) is 8.49. The van der Waals surface area contributed by atoms with Crippen LogP contribution >= 0.6 is 0 Å². The van der Waals surface area contributed by atoms with Gasteiger partial charge in [-0.25, -0.2) is 4.79 Å². The van der Waals surface area contributed by atoms with Gasteiger partial charge in [0.05, 0.1) is 26.4 Å². The molecule has 0 radical (unpaired) electrons. The van der Waals surface area contributed by atoms with Gasteiger partial charge in [0, 0.05) is 12.1 Å². The molecule has 0 amide bonds. The average molecular weight is 203 g/mol. The maximum absolute atomic E-state index is 10.9. The van der Waals surface area contributed by atoms with E-state index in [0.717, 1.165) is 0 Å². The van der Waals surface area contributed by atoms with Crippen LogP contribution in [0.2, 0.25) is 0 Å². The van der Waals surface area contributed by atoms with E-state index in [1.54, 1.807) is 13.0 Å². The molecule has 0 fully saturated rings. The molecule has 0 aliphatic rings. The average Bonchev–Trinajstić information content (AvgIpc) is 2.22. The summed E-state index contributed by atoms with van der Waals surface area (Å²) in [5.41, 5.74) is 0.495. The van der Waals surface area contributed by atoms with Gasteiger partial charge in [-0.05, 0) is 6.92 Å². The lowest BCUT2D eigenvalue weighted by Crippen LogP contribution is -2.35. The van der Waals surface area contributed by atoms with Gasteiger partial charge in [-0.2, -0.15) is 0 Å². The summed E-state index contributed by atoms with van der Waals surface area (Å²) in [6.45, 7) is 1.77. The smallest absolute Gasteiger partial charge is 0.333 e. The third kappa shape index (κ3) is 4.96. The van der Waals surface area contributed by atoms with Gasteiger partial charge in [-0.1, -0.05) is 6.08 Å². The van der Waals surface area contributed by atoms with Crippen molar-refractivity contribution >= 4 is 5.97 Å². The molecular formula is C9H17NO4. The number of hydrogen-bond donors (Lipinski definition) is 3. The number of ether oxygens (including phenoxy) is 1. The van der Waals surface area contributed by atoms with Crippen molar-refractivity contribution in [2.75, 3.05) is 26.9 Å². The van der Waals surface area contributed by atoms with Crippen molar-refractivity contribution in [1.29, 1.82) is 0 Å². The summed E-state index contributed by atoms with van der Waals surface area (Å²) in [5, 5.41) is 20.3. The summed E-state index contributed by atoms with van der Waals surface area (Å²) in [7, 11) is 1.32. The van der Waals surface area contributed by atoms with Gasteiger partial charge in [0.1, 0.15) is 0 Å². The molecule has 0 aromatic rings. The van der Waals surface area contributed by atoms with Crippen LogP contribution in [0, 0.1) is 0 Å². The third-order valence-electron chi connectivity index (χ3n) is 1.76. The number of hydrogen-bond acceptors (Lipinski definition) is 5. The van der Waals surface area contributed by atoms with Crippen molar-refractivity contribution in [1.82, 2.24) is 5.32 Å². The predicted octanol–water partition coefficient (Wildman–Crippen LogP) is -0.952. The Balaban J connectivity index is 3.85. The molecule has 0 bridgehead atoms. The van der Waals surface area contributed by atoms with E-state index in [-0.39, 0.29) is 25.2 Å². The van der Waals surface area contributed by atoms with Gasteiger partial charge in [-0.3, -0.25) is 0 Å². The monoisotopic (exact) mass is 203 g/mol. The van der Waals surface area contributed by atoms with Crippen LogP contribution in [0.4, 0.5) is 0 Å². The van der Waals surface area contributed by atoms with Crippen LogP contribution in [-0.2, 0) is 9.53 Å². The van der Waals surface area contributed by atoms with E-state index >= 15 is 0 Å². The molecule has 0 saturated heterocycles. The highest BCUT2D eigenvalue weighted by Crippen LogP contribution is 1.94. The standard InChI is InChI=1S/C9H17NO4/c1-7(9(13)14-2)3-4-10-8(5-11)6-12/h3,8,10-12H,4-6H2,1-2H3. The molecule has 5 heteroatoms. The maximum Gasteiger partial charge on any atom is 0.333 e. The number of rotatable bonds is 6. The molecule has 0 spiro atoms. The van der Waals surface area contributed by atoms with E-state index in [1.807, 2.05) is 0 Å². The van der Waals surface area contributed by atoms with Crippen molar-refractivity contribution in [2.45, 2.75) is 13.0 Å². The van der Waals surface area contributed by atoms with E-state index in [9.17, 15) is 4.79 Å². The van der Waals surface area contributed by atoms with Crippen molar-refractivity contribution in [3.05, 3.63) is 11.6 Å². The fourth-order valence-electron chi connectivity index (χ4n) is 0.810. The minimum Gasteiger partial charge on any atom is -0.466 e. The van der Waals surface area contributed by atoms with Gasteiger partial charge in [-0.15, -0.1) is 0 Å².